The molecule has 4 aromatic rings. The quantitative estimate of drug-likeness (QED) is 0.0252. The van der Waals surface area contributed by atoms with Gasteiger partial charge < -0.3 is 80.4 Å². The number of nitrogens with two attached hydrogens (primary N) is 2. The molecular formula is C63H80BF2N11O11. The van der Waals surface area contributed by atoms with Crippen molar-refractivity contribution in [1.29, 1.82) is 0 Å². The lowest BCUT2D eigenvalue weighted by atomic mass is 9.90. The summed E-state index contributed by atoms with van der Waals surface area (Å²) in [6.45, 7) is 3.36. The third-order valence-corrected chi connectivity index (χ3v) is 15.4. The Balaban J connectivity index is 0.764. The van der Waals surface area contributed by atoms with Gasteiger partial charge in [-0.25, -0.2) is 0 Å². The predicted molar refractivity (Wildman–Crippen MR) is 328 cm³/mol. The third-order valence-electron chi connectivity index (χ3n) is 15.4. The van der Waals surface area contributed by atoms with Crippen LogP contribution in [0.1, 0.15) is 98.9 Å². The molecular weight excluding hydrogens is 1140 g/mol. The van der Waals surface area contributed by atoms with Crippen LogP contribution in [0.3, 0.4) is 0 Å². The second-order valence-corrected chi connectivity index (χ2v) is 22.6. The van der Waals surface area contributed by atoms with Crippen LogP contribution in [0.4, 0.5) is 8.63 Å². The molecule has 3 aromatic carbocycles. The molecule has 0 radical (unpaired) electrons. The topological polar surface area (TPSA) is 311 Å². The maximum absolute atomic E-state index is 15.8. The highest BCUT2D eigenvalue weighted by Gasteiger charge is 2.52. The molecule has 1 aromatic heterocycles. The van der Waals surface area contributed by atoms with E-state index >= 15 is 8.63 Å². The average molecular weight is 1220 g/mol. The van der Waals surface area contributed by atoms with Gasteiger partial charge in [0.25, 0.3) is 5.91 Å². The van der Waals surface area contributed by atoms with E-state index in [4.69, 9.17) is 20.9 Å². The monoisotopic (exact) mass is 1220 g/mol. The normalized spacial score (nSPS) is 15.9. The number of aromatic nitrogens is 1. The van der Waals surface area contributed by atoms with Gasteiger partial charge in [-0.3, -0.25) is 38.4 Å². The van der Waals surface area contributed by atoms with E-state index in [0.29, 0.717) is 61.0 Å². The first-order valence-electron chi connectivity index (χ1n) is 29.7. The number of aliphatic hydroxyl groups is 1. The van der Waals surface area contributed by atoms with Gasteiger partial charge in [0, 0.05) is 82.0 Å². The second kappa shape index (κ2) is 31.6. The van der Waals surface area contributed by atoms with Crippen molar-refractivity contribution in [3.63, 3.8) is 0 Å². The van der Waals surface area contributed by atoms with Gasteiger partial charge in [0.15, 0.2) is 18.0 Å². The summed E-state index contributed by atoms with van der Waals surface area (Å²) < 4.78 is 45.8. The molecule has 25 heteroatoms. The third kappa shape index (κ3) is 18.8. The zero-order valence-electron chi connectivity index (χ0n) is 50.1. The van der Waals surface area contributed by atoms with E-state index in [1.165, 1.54) is 5.56 Å². The minimum atomic E-state index is -4.10. The average Bonchev–Trinajstić information content (AvgIpc) is 1.65. The van der Waals surface area contributed by atoms with Gasteiger partial charge in [-0.05, 0) is 110 Å². The van der Waals surface area contributed by atoms with Gasteiger partial charge >= 0.3 is 6.97 Å². The lowest BCUT2D eigenvalue weighted by Gasteiger charge is -2.32. The summed E-state index contributed by atoms with van der Waals surface area (Å²) in [5.41, 5.74) is 16.5. The fraction of sp³-hybridized carbons (Fsp3) is 0.413. The number of unbranched alkanes of at least 4 members (excludes halogenated alkanes) is 1. The van der Waals surface area contributed by atoms with Crippen molar-refractivity contribution >= 4 is 72.1 Å². The highest BCUT2D eigenvalue weighted by molar-refractivity contribution is 6.58. The number of hydrogen-bond donors (Lipinski definition) is 9. The van der Waals surface area contributed by atoms with E-state index in [9.17, 15) is 43.5 Å². The summed E-state index contributed by atoms with van der Waals surface area (Å²) >= 11 is 0. The van der Waals surface area contributed by atoms with Crippen molar-refractivity contribution < 1.29 is 66.1 Å². The maximum Gasteiger partial charge on any atom is 0.737 e. The Hall–Kier alpha value is -8.97. The number of carbonyl (C=O) groups excluding carboxylic acids is 8. The smallest absolute Gasteiger partial charge is 0.490 e. The van der Waals surface area contributed by atoms with Gasteiger partial charge in [-0.1, -0.05) is 74.5 Å². The molecule has 22 nitrogen and oxygen atoms in total. The number of piperidine rings is 1. The molecule has 4 atom stereocenters. The number of halogens is 2. The number of aliphatic hydroxyl groups excluding tert-OH is 1. The Labute approximate surface area is 510 Å². The molecule has 0 aliphatic carbocycles. The van der Waals surface area contributed by atoms with Crippen molar-refractivity contribution in [2.24, 2.45) is 17.4 Å². The maximum atomic E-state index is 15.8. The molecule has 8 amide bonds. The van der Waals surface area contributed by atoms with Crippen molar-refractivity contribution in [1.82, 2.24) is 41.3 Å². The molecule has 0 unspecified atom stereocenters. The van der Waals surface area contributed by atoms with Gasteiger partial charge in [-0.2, -0.15) is 0 Å². The van der Waals surface area contributed by atoms with Gasteiger partial charge in [0.05, 0.1) is 13.0 Å². The first kappa shape index (κ1) is 66.6. The van der Waals surface area contributed by atoms with Crippen molar-refractivity contribution in [2.75, 3.05) is 45.9 Å². The Morgan fingerprint density at radius 1 is 0.761 bits per heavy atom. The van der Waals surface area contributed by atoms with Crippen molar-refractivity contribution in [3.8, 4) is 11.5 Å². The van der Waals surface area contributed by atoms with Crippen LogP contribution in [0.5, 0.6) is 11.5 Å². The Morgan fingerprint density at radius 2 is 1.45 bits per heavy atom. The van der Waals surface area contributed by atoms with Crippen LogP contribution >= 0.6 is 0 Å². The number of carbonyl (C=O) groups is 8. The number of allylic oxidation sites excluding steroid dienone is 3. The number of fused-ring (bicyclic) bond motifs is 2. The lowest BCUT2D eigenvalue weighted by molar-refractivity contribution is -0.360. The first-order valence-corrected chi connectivity index (χ1v) is 29.7. The fourth-order valence-corrected chi connectivity index (χ4v) is 10.7. The highest BCUT2D eigenvalue weighted by Crippen LogP contribution is 2.34. The second-order valence-electron chi connectivity index (χ2n) is 22.6. The van der Waals surface area contributed by atoms with E-state index < -0.39 is 97.3 Å². The molecule has 7 rings (SSSR count). The molecule has 470 valence electrons. The van der Waals surface area contributed by atoms with E-state index in [1.54, 1.807) is 81.5 Å². The van der Waals surface area contributed by atoms with Gasteiger partial charge in [-0.15, -0.1) is 0 Å². The number of nitrogens with zero attached hydrogens (tertiary/aromatic N) is 3. The molecule has 3 aliphatic heterocycles. The van der Waals surface area contributed by atoms with Crippen LogP contribution < -0.4 is 52.8 Å². The molecule has 1 saturated heterocycles. The molecule has 4 heterocycles. The van der Waals surface area contributed by atoms with Crippen LogP contribution in [0, 0.1) is 19.8 Å². The Morgan fingerprint density at radius 3 is 2.15 bits per heavy atom. The fourth-order valence-electron chi connectivity index (χ4n) is 10.7. The molecule has 0 bridgehead atoms. The summed E-state index contributed by atoms with van der Waals surface area (Å²) in [4.78, 5) is 105. The van der Waals surface area contributed by atoms with Crippen LogP contribution in [0.15, 0.2) is 109 Å². The largest absolute Gasteiger partial charge is 0.737 e. The van der Waals surface area contributed by atoms with Gasteiger partial charge in [0.1, 0.15) is 41.8 Å². The van der Waals surface area contributed by atoms with E-state index in [1.807, 2.05) is 43.3 Å². The van der Waals surface area contributed by atoms with Crippen LogP contribution in [-0.4, -0.2) is 155 Å². The summed E-state index contributed by atoms with van der Waals surface area (Å²) in [5, 5.41) is 25.3. The number of rotatable bonds is 32. The molecule has 11 N–H and O–H groups in total. The van der Waals surface area contributed by atoms with E-state index in [-0.39, 0.29) is 45.1 Å². The summed E-state index contributed by atoms with van der Waals surface area (Å²) in [5.74, 6) is -5.13. The molecule has 3 aliphatic rings. The molecule has 88 heavy (non-hydrogen) atoms. The number of ether oxygens (including phenoxy) is 2. The lowest BCUT2D eigenvalue weighted by Crippen LogP contribution is -2.59. The van der Waals surface area contributed by atoms with Crippen molar-refractivity contribution in [3.05, 3.63) is 142 Å². The summed E-state index contributed by atoms with van der Waals surface area (Å²) in [7, 11) is 0. The number of amides is 8. The van der Waals surface area contributed by atoms with Gasteiger partial charge in [0.2, 0.25) is 41.4 Å². The predicted octanol–water partition coefficient (Wildman–Crippen LogP) is 3.06. The van der Waals surface area contributed by atoms with Crippen molar-refractivity contribution in [2.45, 2.75) is 116 Å². The Kier molecular flexibility index (Phi) is 23.9. The number of nitrogens with one attached hydrogen (secondary N) is 6. The zero-order chi connectivity index (χ0) is 63.5. The van der Waals surface area contributed by atoms with E-state index in [2.05, 4.69) is 55.0 Å². The summed E-state index contributed by atoms with van der Waals surface area (Å²) in [6, 6.07) is 21.4. The number of benzene rings is 3. The first-order chi connectivity index (χ1) is 42.1. The minimum absolute atomic E-state index is 0.0147. The minimum Gasteiger partial charge on any atom is -0.490 e. The number of hydrogen-bond acceptors (Lipinski definition) is 12. The molecule has 0 saturated carbocycles. The number of primary amides is 2. The standard InChI is InChI=1S/C63H80BF2N11O11/c1-40(2)59(74-57(81)28-33-75-31-26-49(27-32-75)88-54-16-9-8-14-45(54)35-44-12-6-5-7-13-44)63(86)73-52(38-78)62(85)72-51(37-55(67)79)61(84)70-30-25-56(80)71-50(60(68)83)15-10-11-29-69-58(82)39-87-48-23-18-43(19-24-48)17-20-46-21-22-47-36-53-41(3)34-42(4)76(53)64(65,66)77(46)47/h5-9,12-14,16-24,34,36,40,49-52,59,78H,10-11,15,25-33,35,37-39H2,1-4H3,(H2,67,79)(H2,68,83)(H,69,82)(H,70,84)(H,71,80)(H,72,85)(H,73,86)(H,74,81)/b20-17+/t50-,51-,52-,59-/m0/s1. The van der Waals surface area contributed by atoms with E-state index in [0.717, 1.165) is 50.7 Å². The highest BCUT2D eigenvalue weighted by atomic mass is 19.2. The van der Waals surface area contributed by atoms with Crippen LogP contribution in [0.25, 0.3) is 12.2 Å². The number of aryl methyl sites for hydroxylation is 2. The molecule has 1 fully saturated rings. The summed E-state index contributed by atoms with van der Waals surface area (Å²) in [6.07, 6.45) is 10.7. The zero-order valence-corrected chi connectivity index (χ0v) is 50.1. The SMILES string of the molecule is Cc1cc(C)n2c1C=C1C=CC(/C=C/c3ccc(OCC(=O)NCCCC[C@H](NC(=O)CCNC(=O)[C@H](CC(N)=O)NC(=O)[C@H](CO)NC(=O)[C@@H](NC(=O)CCN4CCC(Oc5ccccc5Cc5ccccc5)CC4)C(C)C)C(N)=O)cc3)=[N+]1[B-]2(F)F. The molecule has 0 spiro atoms. The number of para-hydroxylation sites is 1. The van der Waals surface area contributed by atoms with Crippen LogP contribution in [-0.2, 0) is 44.8 Å². The Bertz CT molecular complexity index is 3290. The number of likely N-dealkylation sites (tertiary alicyclic amines) is 1. The van der Waals surface area contributed by atoms with Crippen LogP contribution in [0.2, 0.25) is 0 Å².